The van der Waals surface area contributed by atoms with E-state index in [0.717, 1.165) is 30.2 Å². The van der Waals surface area contributed by atoms with Crippen LogP contribution in [0.4, 0.5) is 0 Å². The fourth-order valence-electron chi connectivity index (χ4n) is 3.40. The molecule has 0 radical (unpaired) electrons. The van der Waals surface area contributed by atoms with Gasteiger partial charge in [-0.05, 0) is 38.0 Å². The van der Waals surface area contributed by atoms with Gasteiger partial charge >= 0.3 is 0 Å². The second-order valence-electron chi connectivity index (χ2n) is 7.15. The van der Waals surface area contributed by atoms with Crippen molar-refractivity contribution in [1.82, 2.24) is 19.9 Å². The van der Waals surface area contributed by atoms with Crippen LogP contribution in [0.25, 0.3) is 0 Å². The molecule has 1 atom stereocenters. The molecule has 0 bridgehead atoms. The average molecular weight is 344 g/mol. The van der Waals surface area contributed by atoms with E-state index in [2.05, 4.69) is 21.3 Å². The highest BCUT2D eigenvalue weighted by Gasteiger charge is 2.40. The number of aromatic nitrogens is 3. The van der Waals surface area contributed by atoms with Crippen molar-refractivity contribution < 1.29 is 14.6 Å². The topological polar surface area (TPSA) is 72.6 Å². The number of β-amino-alcohol motifs (C(OH)–C–C–N with tert-alkyl or cyclic N) is 1. The van der Waals surface area contributed by atoms with E-state index in [0.29, 0.717) is 31.9 Å². The van der Waals surface area contributed by atoms with Gasteiger partial charge in [0, 0.05) is 25.7 Å². The number of likely N-dealkylation sites (tertiary alicyclic amines) is 1. The number of ether oxygens (including phenoxy) is 2. The number of fused-ring (bicyclic) bond motifs is 1. The van der Waals surface area contributed by atoms with Crippen LogP contribution in [0, 0.1) is 0 Å². The number of nitrogens with zero attached hydrogens (tertiary/aromatic N) is 4. The summed E-state index contributed by atoms with van der Waals surface area (Å²) < 4.78 is 13.0. The number of hydrogen-bond donors (Lipinski definition) is 1. The molecule has 1 saturated heterocycles. The Hall–Kier alpha value is -2.12. The van der Waals surface area contributed by atoms with Crippen molar-refractivity contribution in [3.05, 3.63) is 35.7 Å². The van der Waals surface area contributed by atoms with Crippen molar-refractivity contribution >= 4 is 0 Å². The molecule has 3 heterocycles. The minimum Gasteiger partial charge on any atom is -0.486 e. The molecule has 2 aliphatic heterocycles. The largest absolute Gasteiger partial charge is 0.486 e. The van der Waals surface area contributed by atoms with Crippen LogP contribution >= 0.6 is 0 Å². The molecule has 1 fully saturated rings. The first kappa shape index (κ1) is 16.4. The first-order valence-electron chi connectivity index (χ1n) is 8.79. The summed E-state index contributed by atoms with van der Waals surface area (Å²) in [7, 11) is 0. The van der Waals surface area contributed by atoms with Crippen molar-refractivity contribution in [1.29, 1.82) is 0 Å². The molecule has 1 aromatic heterocycles. The fourth-order valence-corrected chi connectivity index (χ4v) is 3.40. The van der Waals surface area contributed by atoms with Crippen LogP contribution < -0.4 is 9.47 Å². The number of rotatable bonds is 4. The van der Waals surface area contributed by atoms with Crippen molar-refractivity contribution in [3.8, 4) is 11.5 Å². The van der Waals surface area contributed by atoms with Crippen LogP contribution in [0.3, 0.4) is 0 Å². The average Bonchev–Trinajstić information content (AvgIpc) is 3.23. The highest BCUT2D eigenvalue weighted by molar-refractivity contribution is 5.43. The predicted molar refractivity (Wildman–Crippen MR) is 91.6 cm³/mol. The van der Waals surface area contributed by atoms with Gasteiger partial charge in [-0.15, -0.1) is 5.10 Å². The van der Waals surface area contributed by atoms with Crippen molar-refractivity contribution in [2.24, 2.45) is 0 Å². The Morgan fingerprint density at radius 2 is 2.04 bits per heavy atom. The SMILES string of the molecule is CC(C)n1cc(C2(O)CCN(Cc3ccc4c(c3)OCCO4)C2)nn1. The monoisotopic (exact) mass is 344 g/mol. The highest BCUT2D eigenvalue weighted by Crippen LogP contribution is 2.34. The van der Waals surface area contributed by atoms with E-state index in [1.54, 1.807) is 4.68 Å². The van der Waals surface area contributed by atoms with Crippen LogP contribution in [-0.4, -0.2) is 51.3 Å². The van der Waals surface area contributed by atoms with Gasteiger partial charge in [-0.3, -0.25) is 4.90 Å². The molecule has 0 aliphatic carbocycles. The molecule has 0 saturated carbocycles. The summed E-state index contributed by atoms with van der Waals surface area (Å²) in [6, 6.07) is 6.28. The molecule has 0 amide bonds. The third-order valence-corrected chi connectivity index (χ3v) is 4.86. The Kier molecular flexibility index (Phi) is 4.13. The second kappa shape index (κ2) is 6.31. The second-order valence-corrected chi connectivity index (χ2v) is 7.15. The first-order valence-corrected chi connectivity index (χ1v) is 8.79. The first-order chi connectivity index (χ1) is 12.0. The molecule has 2 aromatic rings. The van der Waals surface area contributed by atoms with Gasteiger partial charge in [-0.1, -0.05) is 11.3 Å². The van der Waals surface area contributed by atoms with Gasteiger partial charge in [-0.25, -0.2) is 4.68 Å². The molecule has 134 valence electrons. The normalized spacial score (nSPS) is 23.4. The molecular formula is C18H24N4O3. The van der Waals surface area contributed by atoms with E-state index in [-0.39, 0.29) is 6.04 Å². The molecule has 1 aromatic carbocycles. The maximum Gasteiger partial charge on any atom is 0.161 e. The van der Waals surface area contributed by atoms with Gasteiger partial charge in [-0.2, -0.15) is 0 Å². The summed E-state index contributed by atoms with van der Waals surface area (Å²) in [6.45, 7) is 7.42. The van der Waals surface area contributed by atoms with Gasteiger partial charge in [0.2, 0.25) is 0 Å². The zero-order valence-electron chi connectivity index (χ0n) is 14.7. The van der Waals surface area contributed by atoms with Gasteiger partial charge in [0.05, 0.1) is 6.20 Å². The number of hydrogen-bond acceptors (Lipinski definition) is 6. The van der Waals surface area contributed by atoms with E-state index in [9.17, 15) is 5.11 Å². The quantitative estimate of drug-likeness (QED) is 0.911. The summed E-state index contributed by atoms with van der Waals surface area (Å²) in [5.41, 5.74) is 0.881. The molecule has 7 nitrogen and oxygen atoms in total. The molecule has 4 rings (SSSR count). The predicted octanol–water partition coefficient (Wildman–Crippen LogP) is 1.72. The summed E-state index contributed by atoms with van der Waals surface area (Å²) in [6.07, 6.45) is 2.52. The minimum atomic E-state index is -0.930. The standard InChI is InChI=1S/C18H24N4O3/c1-13(2)22-11-17(19-20-22)18(23)5-6-21(12-18)10-14-3-4-15-16(9-14)25-8-7-24-15/h3-4,9,11,13,23H,5-8,10,12H2,1-2H3. The zero-order chi connectivity index (χ0) is 17.4. The molecule has 1 N–H and O–H groups in total. The summed E-state index contributed by atoms with van der Waals surface area (Å²) >= 11 is 0. The lowest BCUT2D eigenvalue weighted by Crippen LogP contribution is -2.31. The lowest BCUT2D eigenvalue weighted by molar-refractivity contribution is 0.0408. The molecule has 0 spiro atoms. The smallest absolute Gasteiger partial charge is 0.161 e. The lowest BCUT2D eigenvalue weighted by atomic mass is 10.00. The maximum atomic E-state index is 11.0. The van der Waals surface area contributed by atoms with Gasteiger partial charge in [0.15, 0.2) is 11.5 Å². The van der Waals surface area contributed by atoms with Crippen LogP contribution in [0.5, 0.6) is 11.5 Å². The van der Waals surface area contributed by atoms with Gasteiger partial charge in [0.1, 0.15) is 24.5 Å². The Morgan fingerprint density at radius 3 is 2.80 bits per heavy atom. The lowest BCUT2D eigenvalue weighted by Gasteiger charge is -2.22. The third kappa shape index (κ3) is 3.21. The third-order valence-electron chi connectivity index (χ3n) is 4.86. The van der Waals surface area contributed by atoms with Crippen molar-refractivity contribution in [2.45, 2.75) is 38.5 Å². The Labute approximate surface area is 147 Å². The molecule has 25 heavy (non-hydrogen) atoms. The van der Waals surface area contributed by atoms with Crippen molar-refractivity contribution in [2.75, 3.05) is 26.3 Å². The Morgan fingerprint density at radius 1 is 1.24 bits per heavy atom. The Balaban J connectivity index is 1.45. The molecule has 1 unspecified atom stereocenters. The summed E-state index contributed by atoms with van der Waals surface area (Å²) in [5.74, 6) is 1.61. The molecule has 2 aliphatic rings. The highest BCUT2D eigenvalue weighted by atomic mass is 16.6. The minimum absolute atomic E-state index is 0.236. The van der Waals surface area contributed by atoms with E-state index >= 15 is 0 Å². The van der Waals surface area contributed by atoms with E-state index in [1.807, 2.05) is 32.2 Å². The molecule has 7 heteroatoms. The van der Waals surface area contributed by atoms with Crippen molar-refractivity contribution in [3.63, 3.8) is 0 Å². The fraction of sp³-hybridized carbons (Fsp3) is 0.556. The van der Waals surface area contributed by atoms with Crippen LogP contribution in [0.1, 0.15) is 37.6 Å². The zero-order valence-corrected chi connectivity index (χ0v) is 14.7. The van der Waals surface area contributed by atoms with E-state index < -0.39 is 5.60 Å². The van der Waals surface area contributed by atoms with E-state index in [1.165, 1.54) is 0 Å². The van der Waals surface area contributed by atoms with Gasteiger partial charge in [0.25, 0.3) is 0 Å². The number of aliphatic hydroxyl groups is 1. The summed E-state index contributed by atoms with van der Waals surface area (Å²) in [5, 5.41) is 19.3. The maximum absolute atomic E-state index is 11.0. The Bertz CT molecular complexity index is 761. The molecular weight excluding hydrogens is 320 g/mol. The van der Waals surface area contributed by atoms with Crippen LogP contribution in [0.15, 0.2) is 24.4 Å². The van der Waals surface area contributed by atoms with Gasteiger partial charge < -0.3 is 14.6 Å². The summed E-state index contributed by atoms with van der Waals surface area (Å²) in [4.78, 5) is 2.24. The van der Waals surface area contributed by atoms with Crippen LogP contribution in [-0.2, 0) is 12.1 Å². The van der Waals surface area contributed by atoms with Crippen LogP contribution in [0.2, 0.25) is 0 Å². The number of benzene rings is 1. The van der Waals surface area contributed by atoms with E-state index in [4.69, 9.17) is 9.47 Å².